The molecule has 1 aromatic carbocycles. The van der Waals surface area contributed by atoms with Crippen molar-refractivity contribution in [3.63, 3.8) is 0 Å². The molecular formula is C27H31N7O2S. The van der Waals surface area contributed by atoms with Gasteiger partial charge in [0.25, 0.3) is 0 Å². The van der Waals surface area contributed by atoms with Gasteiger partial charge in [-0.05, 0) is 58.7 Å². The van der Waals surface area contributed by atoms with E-state index >= 15 is 0 Å². The highest BCUT2D eigenvalue weighted by atomic mass is 32.1. The van der Waals surface area contributed by atoms with Gasteiger partial charge in [0.2, 0.25) is 0 Å². The molecule has 2 N–H and O–H groups in total. The molecule has 9 nitrogen and oxygen atoms in total. The summed E-state index contributed by atoms with van der Waals surface area (Å²) in [6.45, 7) is 12.0. The normalized spacial score (nSPS) is 15.5. The van der Waals surface area contributed by atoms with E-state index in [0.717, 1.165) is 56.0 Å². The van der Waals surface area contributed by atoms with Gasteiger partial charge < -0.3 is 10.4 Å². The molecule has 4 aromatic rings. The van der Waals surface area contributed by atoms with Crippen LogP contribution in [0.1, 0.15) is 64.0 Å². The molecule has 0 aliphatic carbocycles. The number of hydrogen-bond acceptors (Lipinski definition) is 7. The number of aryl methyl sites for hydroxylation is 4. The largest absolute Gasteiger partial charge is 0.481 e. The van der Waals surface area contributed by atoms with E-state index < -0.39 is 17.9 Å². The summed E-state index contributed by atoms with van der Waals surface area (Å²) in [6.07, 6.45) is 0.432. The van der Waals surface area contributed by atoms with Crippen molar-refractivity contribution in [3.05, 3.63) is 68.9 Å². The standard InChI is InChI=1S/C27H31N7O2S/c1-8-20(27(35)36)24-25-31-30-17(6)34(25)26-21(13(2)16(5)37-26)23(29-24)18-9-11-19(12-10-18)28-22-14(3)32-33(7)15(22)4/h9-12,20,24,28H,8H2,1-7H3,(H,35,36)/t20?,24-/m0/s1. The number of anilines is 2. The Balaban J connectivity index is 1.65. The van der Waals surface area contributed by atoms with Crippen LogP contribution in [-0.4, -0.2) is 41.3 Å². The number of aromatic nitrogens is 5. The maximum Gasteiger partial charge on any atom is 0.309 e. The molecular weight excluding hydrogens is 486 g/mol. The van der Waals surface area contributed by atoms with Crippen LogP contribution < -0.4 is 5.32 Å². The van der Waals surface area contributed by atoms with E-state index in [1.54, 1.807) is 11.3 Å². The van der Waals surface area contributed by atoms with Gasteiger partial charge in [0.15, 0.2) is 5.82 Å². The molecule has 0 amide bonds. The number of carbonyl (C=O) groups is 1. The summed E-state index contributed by atoms with van der Waals surface area (Å²) in [7, 11) is 1.93. The van der Waals surface area contributed by atoms with Gasteiger partial charge >= 0.3 is 5.97 Å². The number of fused-ring (bicyclic) bond motifs is 3. The Labute approximate surface area is 219 Å². The third-order valence-electron chi connectivity index (χ3n) is 7.26. The number of aliphatic carboxylic acids is 1. The van der Waals surface area contributed by atoms with Gasteiger partial charge in [-0.15, -0.1) is 21.5 Å². The van der Waals surface area contributed by atoms with Crippen LogP contribution in [0.3, 0.4) is 0 Å². The molecule has 0 bridgehead atoms. The molecule has 192 valence electrons. The highest BCUT2D eigenvalue weighted by molar-refractivity contribution is 7.15. The SMILES string of the molecule is CCC(C(=O)O)[C@@H]1N=C(c2ccc(Nc3c(C)nn(C)c3C)cc2)c2c(sc(C)c2C)-n2c(C)nnc21. The molecule has 1 unspecified atom stereocenters. The Kier molecular flexibility index (Phi) is 6.23. The van der Waals surface area contributed by atoms with Crippen LogP contribution in [0.2, 0.25) is 0 Å². The zero-order chi connectivity index (χ0) is 26.6. The number of carboxylic acids is 1. The van der Waals surface area contributed by atoms with Crippen molar-refractivity contribution in [2.45, 2.75) is 54.0 Å². The Bertz CT molecular complexity index is 1540. The van der Waals surface area contributed by atoms with Gasteiger partial charge in [-0.25, -0.2) is 0 Å². The zero-order valence-electron chi connectivity index (χ0n) is 22.1. The van der Waals surface area contributed by atoms with Crippen molar-refractivity contribution in [3.8, 4) is 5.00 Å². The molecule has 1 aliphatic heterocycles. The average molecular weight is 518 g/mol. The molecule has 3 aromatic heterocycles. The fraction of sp³-hybridized carbons (Fsp3) is 0.370. The molecule has 0 saturated heterocycles. The highest BCUT2D eigenvalue weighted by Crippen LogP contribution is 2.41. The molecule has 0 radical (unpaired) electrons. The molecule has 1 aliphatic rings. The smallest absolute Gasteiger partial charge is 0.309 e. The first-order valence-electron chi connectivity index (χ1n) is 12.3. The van der Waals surface area contributed by atoms with E-state index in [1.165, 1.54) is 4.88 Å². The summed E-state index contributed by atoms with van der Waals surface area (Å²) in [5.41, 5.74) is 7.78. The molecule has 37 heavy (non-hydrogen) atoms. The van der Waals surface area contributed by atoms with Crippen LogP contribution in [0.15, 0.2) is 29.3 Å². The molecule has 0 spiro atoms. The second kappa shape index (κ2) is 9.26. The van der Waals surface area contributed by atoms with E-state index in [9.17, 15) is 9.90 Å². The lowest BCUT2D eigenvalue weighted by Crippen LogP contribution is -2.23. The third kappa shape index (κ3) is 4.05. The van der Waals surface area contributed by atoms with E-state index in [0.29, 0.717) is 12.2 Å². The molecule has 5 rings (SSSR count). The Morgan fingerprint density at radius 1 is 1.14 bits per heavy atom. The van der Waals surface area contributed by atoms with Gasteiger partial charge in [-0.1, -0.05) is 19.1 Å². The summed E-state index contributed by atoms with van der Waals surface area (Å²) in [4.78, 5) is 18.6. The molecule has 0 saturated carbocycles. The summed E-state index contributed by atoms with van der Waals surface area (Å²) in [5.74, 6) is -0.307. The van der Waals surface area contributed by atoms with E-state index in [2.05, 4.69) is 34.5 Å². The van der Waals surface area contributed by atoms with E-state index in [4.69, 9.17) is 4.99 Å². The van der Waals surface area contributed by atoms with Crippen LogP contribution in [0.4, 0.5) is 11.4 Å². The van der Waals surface area contributed by atoms with Crippen molar-refractivity contribution in [2.24, 2.45) is 18.0 Å². The Morgan fingerprint density at radius 2 is 1.84 bits per heavy atom. The van der Waals surface area contributed by atoms with Gasteiger partial charge in [0.05, 0.1) is 28.7 Å². The van der Waals surface area contributed by atoms with Crippen molar-refractivity contribution in [1.82, 2.24) is 24.5 Å². The van der Waals surface area contributed by atoms with Gasteiger partial charge in [-0.2, -0.15) is 5.10 Å². The second-order valence-electron chi connectivity index (χ2n) is 9.55. The average Bonchev–Trinajstić information content (AvgIpc) is 3.42. The minimum atomic E-state index is -0.886. The molecule has 0 fully saturated rings. The van der Waals surface area contributed by atoms with Crippen LogP contribution >= 0.6 is 11.3 Å². The summed E-state index contributed by atoms with van der Waals surface area (Å²) in [5, 5.41) is 27.8. The van der Waals surface area contributed by atoms with E-state index in [-0.39, 0.29) is 0 Å². The maximum absolute atomic E-state index is 12.3. The number of carboxylic acid groups (broad SMARTS) is 1. The minimum absolute atomic E-state index is 0.432. The Hall–Kier alpha value is -3.79. The van der Waals surface area contributed by atoms with Crippen molar-refractivity contribution < 1.29 is 9.90 Å². The van der Waals surface area contributed by atoms with Crippen molar-refractivity contribution >= 4 is 34.4 Å². The lowest BCUT2D eigenvalue weighted by Gasteiger charge is -2.19. The zero-order valence-corrected chi connectivity index (χ0v) is 22.9. The van der Waals surface area contributed by atoms with Gasteiger partial charge in [0, 0.05) is 28.7 Å². The number of nitrogens with zero attached hydrogens (tertiary/aromatic N) is 6. The van der Waals surface area contributed by atoms with Crippen LogP contribution in [0, 0.1) is 40.5 Å². The number of hydrogen-bond donors (Lipinski definition) is 2. The fourth-order valence-corrected chi connectivity index (χ4v) is 6.17. The summed E-state index contributed by atoms with van der Waals surface area (Å²) < 4.78 is 3.86. The van der Waals surface area contributed by atoms with Crippen LogP contribution in [0.25, 0.3) is 5.00 Å². The second-order valence-corrected chi connectivity index (χ2v) is 10.8. The topological polar surface area (TPSA) is 110 Å². The number of nitrogens with one attached hydrogen (secondary N) is 1. The number of benzene rings is 1. The lowest BCUT2D eigenvalue weighted by molar-refractivity contribution is -0.142. The van der Waals surface area contributed by atoms with Crippen molar-refractivity contribution in [2.75, 3.05) is 5.32 Å². The maximum atomic E-state index is 12.3. The first-order valence-corrected chi connectivity index (χ1v) is 13.1. The highest BCUT2D eigenvalue weighted by Gasteiger charge is 2.37. The summed E-state index contributed by atoms with van der Waals surface area (Å²) in [6, 6.07) is 7.47. The number of rotatable bonds is 6. The molecule has 10 heteroatoms. The monoisotopic (exact) mass is 517 g/mol. The predicted octanol–water partition coefficient (Wildman–Crippen LogP) is 5.35. The number of thiophene rings is 1. The van der Waals surface area contributed by atoms with Crippen molar-refractivity contribution in [1.29, 1.82) is 0 Å². The number of aliphatic imine (C=N–C) groups is 1. The minimum Gasteiger partial charge on any atom is -0.481 e. The molecule has 4 heterocycles. The third-order valence-corrected chi connectivity index (χ3v) is 8.46. The molecule has 2 atom stereocenters. The van der Waals surface area contributed by atoms with Crippen LogP contribution in [-0.2, 0) is 11.8 Å². The quantitative estimate of drug-likeness (QED) is 0.357. The van der Waals surface area contributed by atoms with Gasteiger partial charge in [-0.3, -0.25) is 19.0 Å². The first kappa shape index (κ1) is 24.9. The first-order chi connectivity index (χ1) is 17.6. The lowest BCUT2D eigenvalue weighted by atomic mass is 9.95. The fourth-order valence-electron chi connectivity index (χ4n) is 4.96. The van der Waals surface area contributed by atoms with Crippen LogP contribution in [0.5, 0.6) is 0 Å². The van der Waals surface area contributed by atoms with E-state index in [1.807, 2.05) is 68.3 Å². The Morgan fingerprint density at radius 3 is 2.43 bits per heavy atom. The predicted molar refractivity (Wildman–Crippen MR) is 146 cm³/mol. The van der Waals surface area contributed by atoms with Gasteiger partial charge in [0.1, 0.15) is 16.9 Å². The summed E-state index contributed by atoms with van der Waals surface area (Å²) >= 11 is 1.66.